The smallest absolute Gasteiger partial charge is 0.374 e. The molecular weight excluding hydrogens is 268 g/mol. The summed E-state index contributed by atoms with van der Waals surface area (Å²) < 4.78 is 17.6. The van der Waals surface area contributed by atoms with Crippen molar-refractivity contribution in [2.24, 2.45) is 0 Å². The third kappa shape index (κ3) is 2.48. The van der Waals surface area contributed by atoms with Crippen LogP contribution in [-0.2, 0) is 8.85 Å². The third-order valence-electron chi connectivity index (χ3n) is 5.59. The maximum Gasteiger partial charge on any atom is 0.522 e. The molecule has 20 heavy (non-hydrogen) atoms. The predicted octanol–water partition coefficient (Wildman–Crippen LogP) is 2.61. The van der Waals surface area contributed by atoms with Gasteiger partial charge in [-0.1, -0.05) is 25.7 Å². The lowest BCUT2D eigenvalue weighted by atomic mass is 10.2. The fraction of sp³-hybridized carbons (Fsp3) is 1.00. The zero-order chi connectivity index (χ0) is 14.0. The fourth-order valence-electron chi connectivity index (χ4n) is 4.67. The summed E-state index contributed by atoms with van der Waals surface area (Å²) >= 11 is 0. The maximum absolute atomic E-state index is 6.15. The fourth-order valence-corrected chi connectivity index (χ4v) is 8.43. The molecule has 0 spiro atoms. The van der Waals surface area contributed by atoms with Gasteiger partial charge < -0.3 is 8.85 Å². The summed E-state index contributed by atoms with van der Waals surface area (Å²) in [6, 6.07) is 1.40. The summed E-state index contributed by atoms with van der Waals surface area (Å²) in [5.41, 5.74) is 0. The van der Waals surface area contributed by atoms with E-state index in [0.717, 1.165) is 0 Å². The van der Waals surface area contributed by atoms with Crippen LogP contribution in [0.5, 0.6) is 0 Å². The quantitative estimate of drug-likeness (QED) is 0.745. The van der Waals surface area contributed by atoms with Crippen LogP contribution >= 0.6 is 0 Å². The lowest BCUT2D eigenvalue weighted by Gasteiger charge is -2.52. The number of hydrogen-bond acceptors (Lipinski definition) is 4. The van der Waals surface area contributed by atoms with Gasteiger partial charge in [0.05, 0.1) is 0 Å². The van der Waals surface area contributed by atoms with Gasteiger partial charge in [-0.05, 0) is 45.2 Å². The van der Waals surface area contributed by atoms with E-state index in [1.165, 1.54) is 70.9 Å². The first-order valence-electron chi connectivity index (χ1n) is 8.45. The van der Waals surface area contributed by atoms with Crippen molar-refractivity contribution in [3.05, 3.63) is 0 Å². The van der Waals surface area contributed by atoms with Crippen molar-refractivity contribution in [2.75, 3.05) is 27.3 Å². The Bertz CT molecular complexity index is 287. The Morgan fingerprint density at radius 3 is 1.45 bits per heavy atom. The summed E-state index contributed by atoms with van der Waals surface area (Å²) in [5.74, 6) is 0. The maximum atomic E-state index is 6.15. The Kier molecular flexibility index (Phi) is 4.82. The molecule has 0 radical (unpaired) electrons. The summed E-state index contributed by atoms with van der Waals surface area (Å²) in [7, 11) is 1.41. The molecule has 0 unspecified atom stereocenters. The van der Waals surface area contributed by atoms with Crippen molar-refractivity contribution >= 4 is 8.88 Å². The van der Waals surface area contributed by atoms with Crippen molar-refractivity contribution in [3.8, 4) is 0 Å². The van der Waals surface area contributed by atoms with Crippen molar-refractivity contribution in [1.29, 1.82) is 0 Å². The molecule has 1 aliphatic heterocycles. The Labute approximate surface area is 124 Å². The molecule has 116 valence electrons. The minimum atomic E-state index is -2.35. The number of rotatable bonds is 4. The van der Waals surface area contributed by atoms with Gasteiger partial charge in [0.15, 0.2) is 0 Å². The second-order valence-electron chi connectivity index (χ2n) is 6.57. The molecule has 0 bridgehead atoms. The van der Waals surface area contributed by atoms with E-state index in [0.29, 0.717) is 12.1 Å². The molecule has 3 fully saturated rings. The van der Waals surface area contributed by atoms with Gasteiger partial charge >= 0.3 is 8.88 Å². The van der Waals surface area contributed by atoms with Crippen molar-refractivity contribution in [1.82, 2.24) is 9.13 Å². The van der Waals surface area contributed by atoms with Crippen LogP contribution in [-0.4, -0.2) is 57.4 Å². The summed E-state index contributed by atoms with van der Waals surface area (Å²) in [4.78, 5) is 0. The van der Waals surface area contributed by atoms with Crippen LogP contribution in [0.3, 0.4) is 0 Å². The molecule has 0 aromatic carbocycles. The summed E-state index contributed by atoms with van der Waals surface area (Å²) in [5, 5.41) is 0. The highest BCUT2D eigenvalue weighted by Crippen LogP contribution is 2.36. The van der Waals surface area contributed by atoms with Crippen molar-refractivity contribution in [3.63, 3.8) is 0 Å². The molecule has 3 aliphatic rings. The molecule has 4 nitrogen and oxygen atoms in total. The molecule has 5 heteroatoms. The summed E-state index contributed by atoms with van der Waals surface area (Å²) in [6.45, 7) is 2.34. The van der Waals surface area contributed by atoms with Gasteiger partial charge in [0.2, 0.25) is 0 Å². The molecule has 1 heterocycles. The molecular formula is C15H30N2O2Si. The Morgan fingerprint density at radius 1 is 0.700 bits per heavy atom. The molecule has 2 aliphatic carbocycles. The van der Waals surface area contributed by atoms with Gasteiger partial charge in [0.25, 0.3) is 0 Å². The molecule has 0 amide bonds. The first-order valence-corrected chi connectivity index (χ1v) is 10.2. The molecule has 0 aromatic rings. The van der Waals surface area contributed by atoms with Gasteiger partial charge in [0, 0.05) is 26.3 Å². The van der Waals surface area contributed by atoms with Crippen LogP contribution in [0, 0.1) is 0 Å². The highest BCUT2D eigenvalue weighted by molar-refractivity contribution is 6.61. The largest absolute Gasteiger partial charge is 0.522 e. The van der Waals surface area contributed by atoms with E-state index in [2.05, 4.69) is 9.13 Å². The van der Waals surface area contributed by atoms with Gasteiger partial charge in [-0.2, -0.15) is 0 Å². The zero-order valence-corrected chi connectivity index (χ0v) is 14.1. The summed E-state index contributed by atoms with van der Waals surface area (Å²) in [6.07, 6.45) is 12.1. The van der Waals surface area contributed by atoms with Crippen LogP contribution in [0.15, 0.2) is 0 Å². The first kappa shape index (κ1) is 15.0. The Balaban J connectivity index is 1.84. The molecule has 3 rings (SSSR count). The number of nitrogens with zero attached hydrogens (tertiary/aromatic N) is 2. The van der Waals surface area contributed by atoms with Gasteiger partial charge in [-0.15, -0.1) is 0 Å². The van der Waals surface area contributed by atoms with Crippen LogP contribution in [0.25, 0.3) is 0 Å². The average Bonchev–Trinajstić information content (AvgIpc) is 3.19. The van der Waals surface area contributed by atoms with Crippen molar-refractivity contribution < 1.29 is 8.85 Å². The highest BCUT2D eigenvalue weighted by Gasteiger charge is 2.57. The normalized spacial score (nSPS) is 30.3. The van der Waals surface area contributed by atoms with Gasteiger partial charge in [-0.25, -0.2) is 0 Å². The Hall–Kier alpha value is 0.0569. The standard InChI is InChI=1S/C15H30N2O2Si/c1-18-20(19-2)16(14-8-3-4-9-14)12-7-13-17(20)15-10-5-6-11-15/h14-15H,3-13H2,1-2H3. The molecule has 2 saturated carbocycles. The van der Waals surface area contributed by atoms with Crippen LogP contribution in [0.4, 0.5) is 0 Å². The minimum Gasteiger partial charge on any atom is -0.374 e. The van der Waals surface area contributed by atoms with Gasteiger partial charge in [0.1, 0.15) is 0 Å². The van der Waals surface area contributed by atoms with E-state index in [-0.39, 0.29) is 0 Å². The first-order chi connectivity index (χ1) is 9.81. The van der Waals surface area contributed by atoms with E-state index in [9.17, 15) is 0 Å². The average molecular weight is 299 g/mol. The van der Waals surface area contributed by atoms with Crippen LogP contribution in [0.1, 0.15) is 57.8 Å². The van der Waals surface area contributed by atoms with Crippen LogP contribution in [0.2, 0.25) is 0 Å². The number of hydrogen-bond donors (Lipinski definition) is 0. The molecule has 0 atom stereocenters. The second-order valence-corrected chi connectivity index (χ2v) is 9.64. The van der Waals surface area contributed by atoms with Crippen LogP contribution < -0.4 is 0 Å². The van der Waals surface area contributed by atoms with E-state index < -0.39 is 8.88 Å². The lowest BCUT2D eigenvalue weighted by Crippen LogP contribution is -2.75. The van der Waals surface area contributed by atoms with E-state index >= 15 is 0 Å². The van der Waals surface area contributed by atoms with E-state index in [4.69, 9.17) is 8.85 Å². The lowest BCUT2D eigenvalue weighted by molar-refractivity contribution is 0.0364. The third-order valence-corrected chi connectivity index (χ3v) is 9.28. The Morgan fingerprint density at radius 2 is 1.10 bits per heavy atom. The van der Waals surface area contributed by atoms with Gasteiger partial charge in [-0.3, -0.25) is 9.13 Å². The molecule has 0 N–H and O–H groups in total. The van der Waals surface area contributed by atoms with E-state index in [1.54, 1.807) is 0 Å². The SMILES string of the molecule is CO[Si]1(OC)N(C2CCCC2)CCCN1C1CCCC1. The molecule has 0 aromatic heterocycles. The van der Waals surface area contributed by atoms with Crippen molar-refractivity contribution in [2.45, 2.75) is 69.9 Å². The highest BCUT2D eigenvalue weighted by atomic mass is 28.4. The minimum absolute atomic E-state index is 0.700. The predicted molar refractivity (Wildman–Crippen MR) is 82.3 cm³/mol. The monoisotopic (exact) mass is 298 g/mol. The topological polar surface area (TPSA) is 24.9 Å². The molecule has 1 saturated heterocycles. The zero-order valence-electron chi connectivity index (χ0n) is 13.1. The second kappa shape index (κ2) is 6.44. The van der Waals surface area contributed by atoms with E-state index in [1.807, 2.05) is 14.2 Å².